The van der Waals surface area contributed by atoms with Crippen LogP contribution >= 0.6 is 7.82 Å². The first-order valence-electron chi connectivity index (χ1n) is 12.1. The summed E-state index contributed by atoms with van der Waals surface area (Å²) in [4.78, 5) is 9.80. The van der Waals surface area contributed by atoms with Crippen LogP contribution in [-0.2, 0) is 13.6 Å². The molecule has 0 amide bonds. The Labute approximate surface area is 181 Å². The Bertz CT molecular complexity index is 412. The molecule has 0 heterocycles. The summed E-state index contributed by atoms with van der Waals surface area (Å²) in [5, 5.41) is 0. The van der Waals surface area contributed by atoms with Crippen LogP contribution in [0, 0.1) is 0 Å². The SMILES string of the molecule is CCCCCCCCCCCCCCCCC(C)OP(=O)(O)OCC[N+](C)(C)C. The van der Waals surface area contributed by atoms with Crippen LogP contribution in [0.25, 0.3) is 0 Å². The van der Waals surface area contributed by atoms with Gasteiger partial charge < -0.3 is 9.38 Å². The third-order valence-corrected chi connectivity index (χ3v) is 6.43. The van der Waals surface area contributed by atoms with E-state index in [1.165, 1.54) is 83.5 Å². The Morgan fingerprint density at radius 3 is 1.62 bits per heavy atom. The van der Waals surface area contributed by atoms with Gasteiger partial charge in [-0.15, -0.1) is 0 Å². The van der Waals surface area contributed by atoms with E-state index >= 15 is 0 Å². The van der Waals surface area contributed by atoms with Gasteiger partial charge in [-0.1, -0.05) is 96.8 Å². The number of quaternary nitrogens is 1. The van der Waals surface area contributed by atoms with Crippen molar-refractivity contribution >= 4 is 7.82 Å². The van der Waals surface area contributed by atoms with Gasteiger partial charge in [-0.2, -0.15) is 0 Å². The lowest BCUT2D eigenvalue weighted by atomic mass is 10.0. The van der Waals surface area contributed by atoms with Crippen LogP contribution in [0.2, 0.25) is 0 Å². The van der Waals surface area contributed by atoms with Crippen molar-refractivity contribution in [1.82, 2.24) is 0 Å². The number of likely N-dealkylation sites (N-methyl/N-ethyl adjacent to an activating group) is 1. The maximum Gasteiger partial charge on any atom is 0.472 e. The number of hydrogen-bond donors (Lipinski definition) is 1. The van der Waals surface area contributed by atoms with Gasteiger partial charge in [-0.05, 0) is 13.3 Å². The quantitative estimate of drug-likeness (QED) is 0.119. The maximum atomic E-state index is 12.0. The summed E-state index contributed by atoms with van der Waals surface area (Å²) in [6, 6.07) is 0. The van der Waals surface area contributed by atoms with E-state index in [2.05, 4.69) is 6.92 Å². The summed E-state index contributed by atoms with van der Waals surface area (Å²) >= 11 is 0. The monoisotopic (exact) mass is 436 g/mol. The van der Waals surface area contributed by atoms with E-state index < -0.39 is 7.82 Å². The Balaban J connectivity index is 3.46. The van der Waals surface area contributed by atoms with E-state index in [1.54, 1.807) is 0 Å². The van der Waals surface area contributed by atoms with Crippen LogP contribution in [0.3, 0.4) is 0 Å². The lowest BCUT2D eigenvalue weighted by Gasteiger charge is -2.24. The molecule has 1 N–H and O–H groups in total. The van der Waals surface area contributed by atoms with Crippen molar-refractivity contribution in [2.45, 2.75) is 116 Å². The molecule has 176 valence electrons. The molecule has 0 aromatic heterocycles. The van der Waals surface area contributed by atoms with Gasteiger partial charge in [0.1, 0.15) is 13.2 Å². The lowest BCUT2D eigenvalue weighted by Crippen LogP contribution is -2.37. The zero-order valence-corrected chi connectivity index (χ0v) is 21.1. The lowest BCUT2D eigenvalue weighted by molar-refractivity contribution is -0.870. The molecule has 0 aliphatic rings. The molecule has 0 radical (unpaired) electrons. The first-order chi connectivity index (χ1) is 13.7. The molecule has 0 saturated heterocycles. The van der Waals surface area contributed by atoms with Gasteiger partial charge in [0, 0.05) is 0 Å². The van der Waals surface area contributed by atoms with Crippen LogP contribution in [0.1, 0.15) is 110 Å². The first kappa shape index (κ1) is 29.1. The van der Waals surface area contributed by atoms with Crippen LogP contribution < -0.4 is 0 Å². The molecule has 0 fully saturated rings. The standard InChI is InChI=1S/C23H50NO4P/c1-6-7-8-9-10-11-12-13-14-15-16-17-18-19-20-23(2)28-29(25,26)27-22-21-24(3,4)5/h23H,6-22H2,1-5H3/p+1. The molecule has 0 saturated carbocycles. The second-order valence-corrected chi connectivity index (χ2v) is 11.0. The fourth-order valence-corrected chi connectivity index (χ4v) is 4.30. The van der Waals surface area contributed by atoms with Crippen molar-refractivity contribution in [2.75, 3.05) is 34.3 Å². The fourth-order valence-electron chi connectivity index (χ4n) is 3.37. The molecule has 6 heteroatoms. The van der Waals surface area contributed by atoms with E-state index in [0.717, 1.165) is 12.8 Å². The average molecular weight is 437 g/mol. The van der Waals surface area contributed by atoms with Crippen molar-refractivity contribution in [3.63, 3.8) is 0 Å². The molecule has 0 aliphatic carbocycles. The predicted octanol–water partition coefficient (Wildman–Crippen LogP) is 7.09. The normalized spacial score (nSPS) is 15.4. The molecule has 0 aromatic carbocycles. The van der Waals surface area contributed by atoms with E-state index in [4.69, 9.17) is 9.05 Å². The van der Waals surface area contributed by atoms with Gasteiger partial charge in [0.15, 0.2) is 0 Å². The van der Waals surface area contributed by atoms with Crippen LogP contribution in [0.15, 0.2) is 0 Å². The van der Waals surface area contributed by atoms with E-state index in [1.807, 2.05) is 28.1 Å². The highest BCUT2D eigenvalue weighted by molar-refractivity contribution is 7.47. The van der Waals surface area contributed by atoms with Crippen molar-refractivity contribution in [1.29, 1.82) is 0 Å². The van der Waals surface area contributed by atoms with Crippen LogP contribution in [0.5, 0.6) is 0 Å². The second-order valence-electron chi connectivity index (χ2n) is 9.62. The number of hydrogen-bond acceptors (Lipinski definition) is 3. The largest absolute Gasteiger partial charge is 0.472 e. The average Bonchev–Trinajstić information content (AvgIpc) is 2.60. The smallest absolute Gasteiger partial charge is 0.329 e. The van der Waals surface area contributed by atoms with E-state index in [-0.39, 0.29) is 12.7 Å². The minimum atomic E-state index is -3.93. The minimum Gasteiger partial charge on any atom is -0.329 e. The molecule has 5 nitrogen and oxygen atoms in total. The molecule has 0 spiro atoms. The second kappa shape index (κ2) is 17.7. The van der Waals surface area contributed by atoms with Gasteiger partial charge >= 0.3 is 7.82 Å². The first-order valence-corrected chi connectivity index (χ1v) is 13.6. The number of rotatable bonds is 21. The van der Waals surface area contributed by atoms with E-state index in [0.29, 0.717) is 11.0 Å². The zero-order chi connectivity index (χ0) is 22.0. The zero-order valence-electron chi connectivity index (χ0n) is 20.2. The fraction of sp³-hybridized carbons (Fsp3) is 1.00. The number of phosphoric ester groups is 1. The van der Waals surface area contributed by atoms with Crippen molar-refractivity contribution in [3.8, 4) is 0 Å². The third-order valence-electron chi connectivity index (χ3n) is 5.29. The molecule has 0 rings (SSSR count). The van der Waals surface area contributed by atoms with Crippen LogP contribution in [0.4, 0.5) is 0 Å². The number of phosphoric acid groups is 1. The Kier molecular flexibility index (Phi) is 17.8. The minimum absolute atomic E-state index is 0.225. The van der Waals surface area contributed by atoms with Gasteiger partial charge in [0.2, 0.25) is 0 Å². The summed E-state index contributed by atoms with van der Waals surface area (Å²) in [5.74, 6) is 0. The maximum absolute atomic E-state index is 12.0. The summed E-state index contributed by atoms with van der Waals surface area (Å²) in [6.45, 7) is 5.02. The van der Waals surface area contributed by atoms with Crippen molar-refractivity contribution < 1.29 is 23.0 Å². The molecule has 29 heavy (non-hydrogen) atoms. The van der Waals surface area contributed by atoms with Crippen molar-refractivity contribution in [3.05, 3.63) is 0 Å². The highest BCUT2D eigenvalue weighted by Crippen LogP contribution is 2.45. The molecule has 2 atom stereocenters. The highest BCUT2D eigenvalue weighted by atomic mass is 31.2. The highest BCUT2D eigenvalue weighted by Gasteiger charge is 2.25. The van der Waals surface area contributed by atoms with Crippen LogP contribution in [-0.4, -0.2) is 49.8 Å². The van der Waals surface area contributed by atoms with Gasteiger partial charge in [-0.25, -0.2) is 4.57 Å². The summed E-state index contributed by atoms with van der Waals surface area (Å²) in [7, 11) is 2.12. The van der Waals surface area contributed by atoms with Gasteiger partial charge in [0.25, 0.3) is 0 Å². The summed E-state index contributed by atoms with van der Waals surface area (Å²) in [5.41, 5.74) is 0. The molecular weight excluding hydrogens is 385 g/mol. The third kappa shape index (κ3) is 22.6. The topological polar surface area (TPSA) is 55.8 Å². The molecule has 2 unspecified atom stereocenters. The molecule has 0 bridgehead atoms. The Hall–Kier alpha value is 0.0700. The summed E-state index contributed by atoms with van der Waals surface area (Å²) in [6.07, 6.45) is 19.2. The Morgan fingerprint density at radius 1 is 0.793 bits per heavy atom. The number of unbranched alkanes of at least 4 members (excludes halogenated alkanes) is 13. The van der Waals surface area contributed by atoms with Crippen molar-refractivity contribution in [2.24, 2.45) is 0 Å². The van der Waals surface area contributed by atoms with Gasteiger partial charge in [-0.3, -0.25) is 9.05 Å². The van der Waals surface area contributed by atoms with Gasteiger partial charge in [0.05, 0.1) is 27.2 Å². The molecular formula is C23H51NO4P+. The molecule has 0 aromatic rings. The van der Waals surface area contributed by atoms with E-state index in [9.17, 15) is 9.46 Å². The predicted molar refractivity (Wildman–Crippen MR) is 124 cm³/mol. The number of nitrogens with zero attached hydrogens (tertiary/aromatic N) is 1. The molecule has 0 aliphatic heterocycles. The Morgan fingerprint density at radius 2 is 1.21 bits per heavy atom. The summed E-state index contributed by atoms with van der Waals surface area (Å²) < 4.78 is 23.0.